The molecule has 0 fully saturated rings. The average molecular weight is 336 g/mol. The quantitative estimate of drug-likeness (QED) is 0.551. The van der Waals surface area contributed by atoms with Gasteiger partial charge in [-0.1, -0.05) is 0 Å². The van der Waals surface area contributed by atoms with Gasteiger partial charge in [-0.3, -0.25) is 0 Å². The second kappa shape index (κ2) is 19.8. The maximum Gasteiger partial charge on any atom is 0 e. The minimum absolute atomic E-state index is 0. The molecule has 0 atom stereocenters. The summed E-state index contributed by atoms with van der Waals surface area (Å²) in [5.41, 5.74) is 0. The standard InChI is InChI=1S/Co.Ni.H2S.W/h;;1H2;. The van der Waals surface area contributed by atoms with Gasteiger partial charge in [0.05, 0.1) is 0 Å². The van der Waals surface area contributed by atoms with Crippen molar-refractivity contribution in [2.75, 3.05) is 0 Å². The fourth-order valence-electron chi connectivity index (χ4n) is 0. The van der Waals surface area contributed by atoms with Crippen molar-refractivity contribution in [3.63, 3.8) is 0 Å². The summed E-state index contributed by atoms with van der Waals surface area (Å²) < 4.78 is 0. The predicted octanol–water partition coefficient (Wildman–Crippen LogP) is 0.105. The Hall–Kier alpha value is 2.04. The fraction of sp³-hybridized carbons (Fsp3) is 0. The summed E-state index contributed by atoms with van der Waals surface area (Å²) in [7, 11) is 0. The summed E-state index contributed by atoms with van der Waals surface area (Å²) in [6.07, 6.45) is 0. The van der Waals surface area contributed by atoms with Crippen molar-refractivity contribution in [1.82, 2.24) is 0 Å². The predicted molar refractivity (Wildman–Crippen MR) is 10.4 cm³/mol. The van der Waals surface area contributed by atoms with E-state index in [1.165, 1.54) is 0 Å². The molecule has 0 amide bonds. The van der Waals surface area contributed by atoms with Crippen LogP contribution in [0.15, 0.2) is 0 Å². The molecule has 0 saturated carbocycles. The van der Waals surface area contributed by atoms with Gasteiger partial charge in [0.25, 0.3) is 0 Å². The SMILES string of the molecule is S.[Co].[Ni].[W]. The molecular formula is H2CoNiSW. The van der Waals surface area contributed by atoms with Gasteiger partial charge in [0, 0.05) is 54.3 Å². The van der Waals surface area contributed by atoms with Crippen molar-refractivity contribution < 1.29 is 54.3 Å². The van der Waals surface area contributed by atoms with Crippen LogP contribution < -0.4 is 0 Å². The minimum Gasteiger partial charge on any atom is -0.197 e. The third kappa shape index (κ3) is 8.97. The molecule has 0 bridgehead atoms. The normalized spacial score (nSPS) is 0. The fourth-order valence-corrected chi connectivity index (χ4v) is 0. The molecule has 0 aromatic heterocycles. The zero-order valence-corrected chi connectivity index (χ0v) is 7.52. The molecule has 0 rings (SSSR count). The molecule has 0 aromatic rings. The van der Waals surface area contributed by atoms with Gasteiger partial charge in [-0.15, -0.1) is 0 Å². The van der Waals surface area contributed by atoms with Gasteiger partial charge in [0.15, 0.2) is 0 Å². The Bertz CT molecular complexity index is 8.00. The van der Waals surface area contributed by atoms with Crippen LogP contribution in [-0.2, 0) is 54.3 Å². The van der Waals surface area contributed by atoms with Crippen molar-refractivity contribution in [2.24, 2.45) is 0 Å². The largest absolute Gasteiger partial charge is 0.197 e. The van der Waals surface area contributed by atoms with Crippen LogP contribution in [0.3, 0.4) is 0 Å². The maximum absolute atomic E-state index is 0. The van der Waals surface area contributed by atoms with E-state index in [2.05, 4.69) is 0 Å². The van der Waals surface area contributed by atoms with Crippen LogP contribution in [0.1, 0.15) is 0 Å². The second-order valence-corrected chi connectivity index (χ2v) is 0. The van der Waals surface area contributed by atoms with Crippen LogP contribution >= 0.6 is 13.5 Å². The minimum atomic E-state index is 0. The summed E-state index contributed by atoms with van der Waals surface area (Å²) in [4.78, 5) is 0. The smallest absolute Gasteiger partial charge is 0 e. The first-order chi connectivity index (χ1) is 0. The molecule has 0 aromatic carbocycles. The van der Waals surface area contributed by atoms with Gasteiger partial charge in [0.2, 0.25) is 0 Å². The second-order valence-electron chi connectivity index (χ2n) is 0. The van der Waals surface area contributed by atoms with E-state index in [0.717, 1.165) is 0 Å². The van der Waals surface area contributed by atoms with Crippen LogP contribution in [0.25, 0.3) is 0 Å². The van der Waals surface area contributed by atoms with E-state index >= 15 is 0 Å². The van der Waals surface area contributed by atoms with Crippen LogP contribution in [0, 0.1) is 0 Å². The first-order valence-electron chi connectivity index (χ1n) is 0. The first-order valence-corrected chi connectivity index (χ1v) is 0. The van der Waals surface area contributed by atoms with Crippen molar-refractivity contribution in [2.45, 2.75) is 0 Å². The Morgan fingerprint density at radius 1 is 1.00 bits per heavy atom. The molecule has 0 aliphatic carbocycles. The Labute approximate surface area is 67.3 Å². The number of hydrogen-bond acceptors (Lipinski definition) is 0. The third-order valence-electron chi connectivity index (χ3n) is 0. The van der Waals surface area contributed by atoms with Crippen molar-refractivity contribution in [3.05, 3.63) is 0 Å². The van der Waals surface area contributed by atoms with Gasteiger partial charge in [0.1, 0.15) is 0 Å². The molecule has 0 spiro atoms. The topological polar surface area (TPSA) is 0 Å². The van der Waals surface area contributed by atoms with Gasteiger partial charge in [-0.05, 0) is 0 Å². The Morgan fingerprint density at radius 2 is 1.00 bits per heavy atom. The van der Waals surface area contributed by atoms with Gasteiger partial charge in [-0.2, -0.15) is 13.5 Å². The maximum atomic E-state index is 0. The Kier molecular flexibility index (Phi) is 182. The van der Waals surface area contributed by atoms with Crippen molar-refractivity contribution in [1.29, 1.82) is 0 Å². The zero-order chi connectivity index (χ0) is 0. The molecule has 0 saturated heterocycles. The average Bonchev–Trinajstić information content (AvgIpc) is 0. The third-order valence-corrected chi connectivity index (χ3v) is 0. The molecule has 0 unspecified atom stereocenters. The van der Waals surface area contributed by atoms with Crippen molar-refractivity contribution in [3.8, 4) is 0 Å². The summed E-state index contributed by atoms with van der Waals surface area (Å²) in [5.74, 6) is 0. The van der Waals surface area contributed by atoms with Crippen molar-refractivity contribution >= 4 is 13.5 Å². The summed E-state index contributed by atoms with van der Waals surface area (Å²) in [6.45, 7) is 0. The van der Waals surface area contributed by atoms with Crippen LogP contribution in [0.4, 0.5) is 0 Å². The van der Waals surface area contributed by atoms with E-state index in [1.807, 2.05) is 0 Å². The monoisotopic (exact) mass is 335 g/mol. The van der Waals surface area contributed by atoms with Gasteiger partial charge in [-0.25, -0.2) is 0 Å². The molecule has 4 heteroatoms. The van der Waals surface area contributed by atoms with Gasteiger partial charge < -0.3 is 0 Å². The molecule has 4 heavy (non-hydrogen) atoms. The molecule has 0 aliphatic heterocycles. The van der Waals surface area contributed by atoms with Crippen LogP contribution in [-0.4, -0.2) is 0 Å². The van der Waals surface area contributed by atoms with E-state index in [0.29, 0.717) is 0 Å². The Morgan fingerprint density at radius 3 is 1.00 bits per heavy atom. The summed E-state index contributed by atoms with van der Waals surface area (Å²) in [6, 6.07) is 0. The molecular weight excluding hydrogens is 334 g/mol. The van der Waals surface area contributed by atoms with E-state index in [1.54, 1.807) is 0 Å². The van der Waals surface area contributed by atoms with Crippen LogP contribution in [0.5, 0.6) is 0 Å². The zero-order valence-electron chi connectivity index (χ0n) is 1.56. The molecule has 0 nitrogen and oxygen atoms in total. The molecule has 1 radical (unpaired) electrons. The van der Waals surface area contributed by atoms with E-state index in [9.17, 15) is 0 Å². The first kappa shape index (κ1) is 36.9. The number of rotatable bonds is 0. The van der Waals surface area contributed by atoms with E-state index in [4.69, 9.17) is 0 Å². The molecule has 33 valence electrons. The number of hydrogen-bond donors (Lipinski definition) is 0. The van der Waals surface area contributed by atoms with Crippen LogP contribution in [0.2, 0.25) is 0 Å². The van der Waals surface area contributed by atoms with E-state index < -0.39 is 0 Å². The molecule has 0 aliphatic rings. The summed E-state index contributed by atoms with van der Waals surface area (Å²) >= 11 is 0. The Balaban J connectivity index is 0. The van der Waals surface area contributed by atoms with Gasteiger partial charge >= 0.3 is 0 Å². The summed E-state index contributed by atoms with van der Waals surface area (Å²) in [5, 5.41) is 0. The molecule has 0 heterocycles. The molecule has 0 N–H and O–H groups in total. The van der Waals surface area contributed by atoms with E-state index in [-0.39, 0.29) is 67.8 Å².